The smallest absolute Gasteiger partial charge is 0.409 e. The molecule has 7 rings (SSSR count). The first-order valence-corrected chi connectivity index (χ1v) is 10.2. The predicted octanol–water partition coefficient (Wildman–Crippen LogP) is 4.08. The van der Waals surface area contributed by atoms with Gasteiger partial charge < -0.3 is 14.4 Å². The summed E-state index contributed by atoms with van der Waals surface area (Å²) in [4.78, 5) is 14.4. The van der Waals surface area contributed by atoms with E-state index in [1.54, 1.807) is 4.90 Å². The molecule has 2 aromatic rings. The van der Waals surface area contributed by atoms with Crippen molar-refractivity contribution in [3.8, 4) is 17.2 Å². The predicted molar refractivity (Wildman–Crippen MR) is 106 cm³/mol. The molecule has 0 atom stereocenters. The van der Waals surface area contributed by atoms with Crippen LogP contribution in [0.4, 0.5) is 4.79 Å². The maximum atomic E-state index is 12.7. The van der Waals surface area contributed by atoms with Crippen molar-refractivity contribution in [3.05, 3.63) is 59.7 Å². The summed E-state index contributed by atoms with van der Waals surface area (Å²) < 4.78 is 12.0. The Labute approximate surface area is 169 Å². The molecule has 29 heavy (non-hydrogen) atoms. The third kappa shape index (κ3) is 2.10. The van der Waals surface area contributed by atoms with Gasteiger partial charge in [0.05, 0.1) is 30.2 Å². The van der Waals surface area contributed by atoms with Crippen molar-refractivity contribution in [2.24, 2.45) is 5.41 Å². The number of hydrogen-bond acceptors (Lipinski definition) is 4. The summed E-state index contributed by atoms with van der Waals surface area (Å²) in [6.45, 7) is 3.28. The minimum absolute atomic E-state index is 0.0569. The van der Waals surface area contributed by atoms with Gasteiger partial charge in [-0.3, -0.25) is 0 Å². The zero-order valence-corrected chi connectivity index (χ0v) is 16.4. The maximum absolute atomic E-state index is 12.7. The number of carbonyl (C=O) groups is 1. The Hall–Kier alpha value is -2.84. The molecule has 4 fully saturated rings. The number of nitriles is 1. The number of amides is 1. The summed E-state index contributed by atoms with van der Waals surface area (Å²) in [5, 5.41) is 9.67. The Morgan fingerprint density at radius 1 is 1.14 bits per heavy atom. The van der Waals surface area contributed by atoms with E-state index >= 15 is 0 Å². The quantitative estimate of drug-likeness (QED) is 0.780. The topological polar surface area (TPSA) is 62.6 Å². The van der Waals surface area contributed by atoms with Crippen molar-refractivity contribution < 1.29 is 14.3 Å². The summed E-state index contributed by atoms with van der Waals surface area (Å²) in [6, 6.07) is 19.1. The van der Waals surface area contributed by atoms with Crippen molar-refractivity contribution in [2.45, 2.75) is 36.9 Å². The van der Waals surface area contributed by atoms with Gasteiger partial charge in [-0.2, -0.15) is 5.26 Å². The molecule has 3 saturated heterocycles. The molecule has 2 aliphatic carbocycles. The van der Waals surface area contributed by atoms with Crippen molar-refractivity contribution >= 4 is 6.09 Å². The Balaban J connectivity index is 1.16. The summed E-state index contributed by atoms with van der Waals surface area (Å²) in [6.07, 6.45) is 1.23. The Bertz CT molecular complexity index is 1030. The average molecular weight is 386 g/mol. The van der Waals surface area contributed by atoms with Crippen LogP contribution in [0.3, 0.4) is 0 Å². The number of nitrogens with zero attached hydrogens (tertiary/aromatic N) is 2. The van der Waals surface area contributed by atoms with Gasteiger partial charge in [0.2, 0.25) is 0 Å². The highest BCUT2D eigenvalue weighted by atomic mass is 16.6. The van der Waals surface area contributed by atoms with E-state index in [2.05, 4.69) is 37.3 Å². The second-order valence-electron chi connectivity index (χ2n) is 9.25. The van der Waals surface area contributed by atoms with Crippen LogP contribution in [-0.2, 0) is 9.47 Å². The van der Waals surface area contributed by atoms with Crippen LogP contribution in [0, 0.1) is 16.7 Å². The van der Waals surface area contributed by atoms with Crippen molar-refractivity contribution in [1.82, 2.24) is 4.90 Å². The largest absolute Gasteiger partial charge is 0.448 e. The van der Waals surface area contributed by atoms with Gasteiger partial charge in [-0.05, 0) is 42.0 Å². The van der Waals surface area contributed by atoms with Gasteiger partial charge in [-0.15, -0.1) is 0 Å². The molecule has 0 aromatic heterocycles. The lowest BCUT2D eigenvalue weighted by molar-refractivity contribution is -0.135. The summed E-state index contributed by atoms with van der Waals surface area (Å²) in [5.74, 6) is 0.0569. The van der Waals surface area contributed by atoms with Crippen LogP contribution >= 0.6 is 0 Å². The fourth-order valence-corrected chi connectivity index (χ4v) is 6.12. The lowest BCUT2D eigenvalue weighted by atomic mass is 9.55. The molecule has 0 radical (unpaired) electrons. The second kappa shape index (κ2) is 5.40. The normalized spacial score (nSPS) is 30.1. The van der Waals surface area contributed by atoms with E-state index in [-0.39, 0.29) is 17.6 Å². The molecule has 2 aromatic carbocycles. The van der Waals surface area contributed by atoms with E-state index in [1.165, 1.54) is 22.3 Å². The van der Waals surface area contributed by atoms with Gasteiger partial charge >= 0.3 is 6.09 Å². The minimum Gasteiger partial charge on any atom is -0.448 e. The molecule has 0 N–H and O–H groups in total. The van der Waals surface area contributed by atoms with Crippen LogP contribution in [0.2, 0.25) is 0 Å². The summed E-state index contributed by atoms with van der Waals surface area (Å²) in [7, 11) is 0. The molecule has 1 saturated carbocycles. The van der Waals surface area contributed by atoms with Crippen LogP contribution in [-0.4, -0.2) is 41.9 Å². The zero-order chi connectivity index (χ0) is 19.9. The first kappa shape index (κ1) is 17.1. The lowest BCUT2D eigenvalue weighted by Crippen LogP contribution is -2.68. The van der Waals surface area contributed by atoms with E-state index in [4.69, 9.17) is 9.47 Å². The van der Waals surface area contributed by atoms with Gasteiger partial charge in [-0.25, -0.2) is 4.79 Å². The van der Waals surface area contributed by atoms with Gasteiger partial charge in [0.25, 0.3) is 0 Å². The Morgan fingerprint density at radius 3 is 2.31 bits per heavy atom. The van der Waals surface area contributed by atoms with Crippen LogP contribution in [0.1, 0.15) is 36.8 Å². The molecule has 5 aliphatic rings. The molecule has 3 aliphatic heterocycles. The Morgan fingerprint density at radius 2 is 1.72 bits per heavy atom. The second-order valence-corrected chi connectivity index (χ2v) is 9.25. The van der Waals surface area contributed by atoms with Crippen molar-refractivity contribution in [3.63, 3.8) is 0 Å². The first-order valence-electron chi connectivity index (χ1n) is 10.2. The number of rotatable bonds is 2. The fraction of sp³-hybridized carbons (Fsp3) is 0.417. The lowest BCUT2D eigenvalue weighted by Gasteiger charge is -2.51. The third-order valence-corrected chi connectivity index (χ3v) is 7.37. The fourth-order valence-electron chi connectivity index (χ4n) is 6.12. The number of carbonyl (C=O) groups excluding carboxylic acids is 1. The Kier molecular flexibility index (Phi) is 3.17. The van der Waals surface area contributed by atoms with Crippen LogP contribution in [0.5, 0.6) is 0 Å². The number of fused-ring (bicyclic) bond motifs is 3. The monoisotopic (exact) mass is 386 g/mol. The molecule has 1 amide bonds. The third-order valence-electron chi connectivity index (χ3n) is 7.37. The van der Waals surface area contributed by atoms with Gasteiger partial charge in [0.15, 0.2) is 0 Å². The zero-order valence-electron chi connectivity index (χ0n) is 16.4. The SMILES string of the molecule is CC12CC(C#N)(C1)C1(CN(C(=O)OCC3c4ccccc4-c4ccccc43)C1)O2. The van der Waals surface area contributed by atoms with Crippen molar-refractivity contribution in [2.75, 3.05) is 19.7 Å². The average Bonchev–Trinajstić information content (AvgIpc) is 3.25. The summed E-state index contributed by atoms with van der Waals surface area (Å²) in [5.41, 5.74) is 3.73. The molecule has 146 valence electrons. The molecule has 2 bridgehead atoms. The van der Waals surface area contributed by atoms with E-state index in [9.17, 15) is 10.1 Å². The van der Waals surface area contributed by atoms with Crippen LogP contribution < -0.4 is 0 Å². The van der Waals surface area contributed by atoms with E-state index in [0.717, 1.165) is 12.8 Å². The van der Waals surface area contributed by atoms with Gasteiger partial charge in [0, 0.05) is 5.92 Å². The number of benzene rings is 2. The molecule has 5 nitrogen and oxygen atoms in total. The van der Waals surface area contributed by atoms with E-state index in [0.29, 0.717) is 19.7 Å². The molecular weight excluding hydrogens is 364 g/mol. The molecule has 0 unspecified atom stereocenters. The molecule has 3 heterocycles. The highest BCUT2D eigenvalue weighted by molar-refractivity contribution is 5.79. The molecular formula is C24H22N2O3. The standard InChI is InChI=1S/C24H22N2O3/c1-22-11-23(12-22,13-25)24(29-22)14-26(15-24)21(27)28-10-20-18-8-4-2-6-16(18)17-7-3-5-9-19(17)20/h2-9,20H,10-12,14-15H2,1H3. The highest BCUT2D eigenvalue weighted by Crippen LogP contribution is 2.68. The molecule has 1 spiro atoms. The first-order chi connectivity index (χ1) is 14.0. The van der Waals surface area contributed by atoms with Crippen LogP contribution in [0.15, 0.2) is 48.5 Å². The highest BCUT2D eigenvalue weighted by Gasteiger charge is 2.77. The number of ether oxygens (including phenoxy) is 2. The number of likely N-dealkylation sites (tertiary alicyclic amines) is 1. The minimum atomic E-state index is -0.498. The molecule has 5 heteroatoms. The van der Waals surface area contributed by atoms with Gasteiger partial charge in [0.1, 0.15) is 12.2 Å². The van der Waals surface area contributed by atoms with Gasteiger partial charge in [-0.1, -0.05) is 48.5 Å². The van der Waals surface area contributed by atoms with Crippen molar-refractivity contribution in [1.29, 1.82) is 5.26 Å². The van der Waals surface area contributed by atoms with Crippen LogP contribution in [0.25, 0.3) is 11.1 Å². The van der Waals surface area contributed by atoms with E-state index < -0.39 is 11.0 Å². The maximum Gasteiger partial charge on any atom is 0.409 e. The summed E-state index contributed by atoms with van der Waals surface area (Å²) >= 11 is 0. The number of hydrogen-bond donors (Lipinski definition) is 0. The van der Waals surface area contributed by atoms with E-state index in [1.807, 2.05) is 24.3 Å².